The molecule has 18 heavy (non-hydrogen) atoms. The highest BCUT2D eigenvalue weighted by Gasteiger charge is 2.16. The number of aromatic nitrogens is 2. The van der Waals surface area contributed by atoms with Crippen LogP contribution in [0.1, 0.15) is 31.9 Å². The molecule has 0 aliphatic carbocycles. The first-order valence-corrected chi connectivity index (χ1v) is 6.11. The van der Waals surface area contributed by atoms with Gasteiger partial charge in [0.25, 0.3) is 0 Å². The molecule has 0 fully saturated rings. The Morgan fingerprint density at radius 3 is 2.89 bits per heavy atom. The van der Waals surface area contributed by atoms with Crippen LogP contribution in [0.4, 0.5) is 0 Å². The first kappa shape index (κ1) is 14.5. The summed E-state index contributed by atoms with van der Waals surface area (Å²) >= 11 is 0. The standard InChI is InChI=1S/C12H21N3O3/c1-4-5-6-10(12(16)17)13-8-9-7-11(18-3)15(2)14-9/h7,10,13H,4-6,8H2,1-3H3,(H,16,17). The lowest BCUT2D eigenvalue weighted by atomic mass is 10.1. The van der Waals surface area contributed by atoms with E-state index in [4.69, 9.17) is 9.84 Å². The lowest BCUT2D eigenvalue weighted by Crippen LogP contribution is -2.36. The third-order valence-electron chi connectivity index (χ3n) is 2.77. The van der Waals surface area contributed by atoms with Gasteiger partial charge in [-0.15, -0.1) is 0 Å². The Labute approximate surface area is 107 Å². The van der Waals surface area contributed by atoms with Crippen molar-refractivity contribution in [2.24, 2.45) is 7.05 Å². The number of carbonyl (C=O) groups is 1. The fourth-order valence-corrected chi connectivity index (χ4v) is 1.73. The normalized spacial score (nSPS) is 12.4. The Morgan fingerprint density at radius 2 is 2.39 bits per heavy atom. The van der Waals surface area contributed by atoms with Gasteiger partial charge in [0.2, 0.25) is 5.88 Å². The number of hydrogen-bond acceptors (Lipinski definition) is 4. The number of rotatable bonds is 8. The molecule has 6 heteroatoms. The van der Waals surface area contributed by atoms with Crippen molar-refractivity contribution in [3.8, 4) is 5.88 Å². The van der Waals surface area contributed by atoms with Crippen LogP contribution in [0.25, 0.3) is 0 Å². The summed E-state index contributed by atoms with van der Waals surface area (Å²) in [7, 11) is 3.36. The number of carboxylic acid groups (broad SMARTS) is 1. The second-order valence-electron chi connectivity index (χ2n) is 4.22. The number of ether oxygens (including phenoxy) is 1. The molecular formula is C12H21N3O3. The largest absolute Gasteiger partial charge is 0.481 e. The minimum absolute atomic E-state index is 0.428. The molecule has 2 N–H and O–H groups in total. The number of nitrogens with zero attached hydrogens (tertiary/aromatic N) is 2. The molecule has 1 aromatic rings. The smallest absolute Gasteiger partial charge is 0.320 e. The van der Waals surface area contributed by atoms with Crippen molar-refractivity contribution < 1.29 is 14.6 Å². The van der Waals surface area contributed by atoms with Crippen LogP contribution in [0, 0.1) is 0 Å². The SMILES string of the molecule is CCCCC(NCc1cc(OC)n(C)n1)C(=O)O. The number of carboxylic acids is 1. The van der Waals surface area contributed by atoms with Crippen molar-refractivity contribution in [2.75, 3.05) is 7.11 Å². The molecule has 1 heterocycles. The molecule has 0 bridgehead atoms. The average Bonchev–Trinajstić information content (AvgIpc) is 2.69. The Balaban J connectivity index is 2.52. The molecule has 1 rings (SSSR count). The lowest BCUT2D eigenvalue weighted by Gasteiger charge is -2.12. The summed E-state index contributed by atoms with van der Waals surface area (Å²) < 4.78 is 6.72. The fraction of sp³-hybridized carbons (Fsp3) is 0.667. The maximum atomic E-state index is 11.0. The van der Waals surface area contributed by atoms with Gasteiger partial charge in [-0.3, -0.25) is 10.1 Å². The predicted octanol–water partition coefficient (Wildman–Crippen LogP) is 1.16. The van der Waals surface area contributed by atoms with Crippen LogP contribution in [0.5, 0.6) is 5.88 Å². The van der Waals surface area contributed by atoms with Crippen molar-refractivity contribution in [1.82, 2.24) is 15.1 Å². The van der Waals surface area contributed by atoms with Crippen molar-refractivity contribution >= 4 is 5.97 Å². The molecule has 0 radical (unpaired) electrons. The maximum Gasteiger partial charge on any atom is 0.320 e. The summed E-state index contributed by atoms with van der Waals surface area (Å²) in [6.45, 7) is 2.47. The Kier molecular flexibility index (Phi) is 5.64. The highest BCUT2D eigenvalue weighted by Crippen LogP contribution is 2.11. The molecule has 0 amide bonds. The summed E-state index contributed by atoms with van der Waals surface area (Å²) in [6.07, 6.45) is 2.52. The average molecular weight is 255 g/mol. The molecule has 0 aliphatic rings. The van der Waals surface area contributed by atoms with Crippen LogP contribution in [0.2, 0.25) is 0 Å². The van der Waals surface area contributed by atoms with Gasteiger partial charge in [0.05, 0.1) is 12.8 Å². The van der Waals surface area contributed by atoms with E-state index in [0.717, 1.165) is 18.5 Å². The molecule has 1 unspecified atom stereocenters. The second-order valence-corrected chi connectivity index (χ2v) is 4.22. The van der Waals surface area contributed by atoms with Crippen LogP contribution < -0.4 is 10.1 Å². The quantitative estimate of drug-likeness (QED) is 0.729. The van der Waals surface area contributed by atoms with Gasteiger partial charge in [-0.1, -0.05) is 19.8 Å². The molecule has 0 saturated heterocycles. The van der Waals surface area contributed by atoms with E-state index in [-0.39, 0.29) is 0 Å². The molecule has 0 saturated carbocycles. The third kappa shape index (κ3) is 4.03. The number of methoxy groups -OCH3 is 1. The number of nitrogens with one attached hydrogen (secondary N) is 1. The molecule has 1 atom stereocenters. The number of unbranched alkanes of at least 4 members (excludes halogenated alkanes) is 1. The van der Waals surface area contributed by atoms with Crippen molar-refractivity contribution in [3.05, 3.63) is 11.8 Å². The van der Waals surface area contributed by atoms with Crippen molar-refractivity contribution in [1.29, 1.82) is 0 Å². The van der Waals surface area contributed by atoms with Gasteiger partial charge in [-0.05, 0) is 6.42 Å². The molecule has 0 aromatic carbocycles. The predicted molar refractivity (Wildman–Crippen MR) is 67.5 cm³/mol. The minimum atomic E-state index is -0.814. The lowest BCUT2D eigenvalue weighted by molar-refractivity contribution is -0.139. The fourth-order valence-electron chi connectivity index (χ4n) is 1.73. The zero-order valence-corrected chi connectivity index (χ0v) is 11.1. The molecule has 1 aromatic heterocycles. The van der Waals surface area contributed by atoms with Gasteiger partial charge in [0, 0.05) is 19.7 Å². The van der Waals surface area contributed by atoms with Crippen LogP contribution in [-0.2, 0) is 18.4 Å². The van der Waals surface area contributed by atoms with E-state index in [0.29, 0.717) is 18.8 Å². The van der Waals surface area contributed by atoms with E-state index in [1.165, 1.54) is 0 Å². The first-order valence-electron chi connectivity index (χ1n) is 6.11. The van der Waals surface area contributed by atoms with Gasteiger partial charge in [0.15, 0.2) is 0 Å². The van der Waals surface area contributed by atoms with E-state index in [9.17, 15) is 4.79 Å². The summed E-state index contributed by atoms with van der Waals surface area (Å²) in [5, 5.41) is 16.3. The number of aliphatic carboxylic acids is 1. The van der Waals surface area contributed by atoms with E-state index >= 15 is 0 Å². The zero-order valence-electron chi connectivity index (χ0n) is 11.1. The van der Waals surface area contributed by atoms with Gasteiger partial charge in [0.1, 0.15) is 6.04 Å². The summed E-state index contributed by atoms with van der Waals surface area (Å²) in [5.41, 5.74) is 0.775. The van der Waals surface area contributed by atoms with Gasteiger partial charge < -0.3 is 9.84 Å². The topological polar surface area (TPSA) is 76.4 Å². The van der Waals surface area contributed by atoms with Crippen molar-refractivity contribution in [2.45, 2.75) is 38.8 Å². The second kappa shape index (κ2) is 7.00. The van der Waals surface area contributed by atoms with Crippen LogP contribution in [0.15, 0.2) is 6.07 Å². The third-order valence-corrected chi connectivity index (χ3v) is 2.77. The monoisotopic (exact) mass is 255 g/mol. The number of hydrogen-bond donors (Lipinski definition) is 2. The molecule has 0 aliphatic heterocycles. The molecular weight excluding hydrogens is 234 g/mol. The first-order chi connectivity index (χ1) is 8.58. The van der Waals surface area contributed by atoms with Gasteiger partial charge in [-0.2, -0.15) is 5.10 Å². The maximum absolute atomic E-state index is 11.0. The van der Waals surface area contributed by atoms with E-state index in [2.05, 4.69) is 10.4 Å². The highest BCUT2D eigenvalue weighted by atomic mass is 16.5. The van der Waals surface area contributed by atoms with Crippen LogP contribution >= 0.6 is 0 Å². The summed E-state index contributed by atoms with van der Waals surface area (Å²) in [6, 6.07) is 1.28. The van der Waals surface area contributed by atoms with E-state index < -0.39 is 12.0 Å². The summed E-state index contributed by atoms with van der Waals surface area (Å²) in [4.78, 5) is 11.0. The molecule has 6 nitrogen and oxygen atoms in total. The van der Waals surface area contributed by atoms with Gasteiger partial charge >= 0.3 is 5.97 Å². The summed E-state index contributed by atoms with van der Waals surface area (Å²) in [5.74, 6) is -0.154. The van der Waals surface area contributed by atoms with E-state index in [1.54, 1.807) is 24.9 Å². The Hall–Kier alpha value is -1.56. The number of aryl methyl sites for hydroxylation is 1. The molecule has 102 valence electrons. The van der Waals surface area contributed by atoms with E-state index in [1.807, 2.05) is 6.92 Å². The Bertz CT molecular complexity index is 390. The zero-order chi connectivity index (χ0) is 13.5. The van der Waals surface area contributed by atoms with Crippen molar-refractivity contribution in [3.63, 3.8) is 0 Å². The minimum Gasteiger partial charge on any atom is -0.481 e. The van der Waals surface area contributed by atoms with Crippen LogP contribution in [-0.4, -0.2) is 34.0 Å². The molecule has 0 spiro atoms. The Morgan fingerprint density at radius 1 is 1.67 bits per heavy atom. The van der Waals surface area contributed by atoms with Crippen LogP contribution in [0.3, 0.4) is 0 Å². The van der Waals surface area contributed by atoms with Gasteiger partial charge in [-0.25, -0.2) is 4.68 Å². The highest BCUT2D eigenvalue weighted by molar-refractivity contribution is 5.73.